The van der Waals surface area contributed by atoms with E-state index in [2.05, 4.69) is 30.8 Å². The molecule has 2 aliphatic rings. The minimum atomic E-state index is 0.342. The molecule has 0 spiro atoms. The van der Waals surface area contributed by atoms with Gasteiger partial charge >= 0.3 is 0 Å². The van der Waals surface area contributed by atoms with Crippen LogP contribution in [-0.2, 0) is 0 Å². The normalized spacial score (nSPS) is 33.1. The summed E-state index contributed by atoms with van der Waals surface area (Å²) in [5.74, 6) is 1.03. The zero-order chi connectivity index (χ0) is 11.1. The largest absolute Gasteiger partial charge is 0.350 e. The fourth-order valence-electron chi connectivity index (χ4n) is 2.95. The molecular formula is C11H13BrClN3. The number of halogens is 2. The Kier molecular flexibility index (Phi) is 2.80. The zero-order valence-electron chi connectivity index (χ0n) is 8.81. The number of aromatic nitrogens is 2. The molecule has 0 aliphatic carbocycles. The molecule has 0 amide bonds. The number of rotatable bonds is 1. The van der Waals surface area contributed by atoms with E-state index in [1.54, 1.807) is 6.33 Å². The first-order valence-electron chi connectivity index (χ1n) is 5.63. The van der Waals surface area contributed by atoms with Crippen molar-refractivity contribution in [3.05, 3.63) is 17.0 Å². The molecule has 3 heterocycles. The summed E-state index contributed by atoms with van der Waals surface area (Å²) in [5.41, 5.74) is 0. The minimum Gasteiger partial charge on any atom is -0.350 e. The zero-order valence-corrected chi connectivity index (χ0v) is 11.2. The Hall–Kier alpha value is -0.350. The van der Waals surface area contributed by atoms with E-state index in [0.29, 0.717) is 17.5 Å². The second kappa shape index (κ2) is 4.15. The lowest BCUT2D eigenvalue weighted by atomic mass is 10.0. The Balaban J connectivity index is 1.94. The number of hydrogen-bond donors (Lipinski definition) is 0. The van der Waals surface area contributed by atoms with E-state index < -0.39 is 0 Å². The molecule has 5 heteroatoms. The van der Waals surface area contributed by atoms with Crippen molar-refractivity contribution in [2.24, 2.45) is 0 Å². The third-order valence-electron chi connectivity index (χ3n) is 3.57. The Bertz CT molecular complexity index is 387. The van der Waals surface area contributed by atoms with Crippen LogP contribution in [0.5, 0.6) is 0 Å². The van der Waals surface area contributed by atoms with Crippen molar-refractivity contribution < 1.29 is 0 Å². The van der Waals surface area contributed by atoms with Gasteiger partial charge in [-0.3, -0.25) is 0 Å². The SMILES string of the molecule is ClC1CC2CCC(C1)N2c1ncncc1Br. The molecule has 0 saturated carbocycles. The van der Waals surface area contributed by atoms with Gasteiger partial charge in [0.2, 0.25) is 0 Å². The van der Waals surface area contributed by atoms with E-state index in [9.17, 15) is 0 Å². The summed E-state index contributed by atoms with van der Waals surface area (Å²) in [6.07, 6.45) is 8.07. The van der Waals surface area contributed by atoms with Crippen LogP contribution in [0.2, 0.25) is 0 Å². The molecule has 2 bridgehead atoms. The number of nitrogens with zero attached hydrogens (tertiary/aromatic N) is 3. The monoisotopic (exact) mass is 301 g/mol. The summed E-state index contributed by atoms with van der Waals surface area (Å²) in [6, 6.07) is 1.12. The molecule has 2 atom stereocenters. The van der Waals surface area contributed by atoms with Crippen molar-refractivity contribution in [3.8, 4) is 0 Å². The van der Waals surface area contributed by atoms with E-state index >= 15 is 0 Å². The van der Waals surface area contributed by atoms with Gasteiger partial charge in [-0.15, -0.1) is 11.6 Å². The fourth-order valence-corrected chi connectivity index (χ4v) is 3.79. The summed E-state index contributed by atoms with van der Waals surface area (Å²) in [5, 5.41) is 0.342. The van der Waals surface area contributed by atoms with Gasteiger partial charge < -0.3 is 4.90 Å². The minimum absolute atomic E-state index is 0.342. The number of alkyl halides is 1. The van der Waals surface area contributed by atoms with Crippen LogP contribution < -0.4 is 4.90 Å². The van der Waals surface area contributed by atoms with Gasteiger partial charge in [-0.25, -0.2) is 9.97 Å². The van der Waals surface area contributed by atoms with Gasteiger partial charge in [0, 0.05) is 23.7 Å². The molecule has 0 aromatic carbocycles. The third-order valence-corrected chi connectivity index (χ3v) is 4.48. The van der Waals surface area contributed by atoms with Gasteiger partial charge in [-0.05, 0) is 41.6 Å². The van der Waals surface area contributed by atoms with Crippen molar-refractivity contribution in [2.75, 3.05) is 4.90 Å². The lowest BCUT2D eigenvalue weighted by Crippen LogP contribution is -2.44. The van der Waals surface area contributed by atoms with Crippen LogP contribution in [0.3, 0.4) is 0 Å². The molecule has 3 rings (SSSR count). The van der Waals surface area contributed by atoms with Crippen LogP contribution in [0.15, 0.2) is 17.0 Å². The number of anilines is 1. The Morgan fingerprint density at radius 1 is 1.31 bits per heavy atom. The second-order valence-corrected chi connectivity index (χ2v) is 6.03. The van der Waals surface area contributed by atoms with E-state index in [-0.39, 0.29) is 0 Å². The first-order chi connectivity index (χ1) is 7.75. The van der Waals surface area contributed by atoms with Gasteiger partial charge in [0.15, 0.2) is 0 Å². The summed E-state index contributed by atoms with van der Waals surface area (Å²) in [7, 11) is 0. The van der Waals surface area contributed by atoms with Gasteiger partial charge in [0.1, 0.15) is 12.1 Å². The highest BCUT2D eigenvalue weighted by atomic mass is 79.9. The Morgan fingerprint density at radius 2 is 2.00 bits per heavy atom. The van der Waals surface area contributed by atoms with Crippen LogP contribution in [0, 0.1) is 0 Å². The van der Waals surface area contributed by atoms with Crippen molar-refractivity contribution in [2.45, 2.75) is 43.1 Å². The molecule has 2 aliphatic heterocycles. The van der Waals surface area contributed by atoms with Crippen molar-refractivity contribution in [1.29, 1.82) is 0 Å². The first-order valence-corrected chi connectivity index (χ1v) is 6.86. The topological polar surface area (TPSA) is 29.0 Å². The van der Waals surface area contributed by atoms with Gasteiger partial charge in [-0.1, -0.05) is 0 Å². The Labute approximate surface area is 108 Å². The van der Waals surface area contributed by atoms with E-state index in [1.807, 2.05) is 6.20 Å². The van der Waals surface area contributed by atoms with Crippen LogP contribution in [-0.4, -0.2) is 27.4 Å². The van der Waals surface area contributed by atoms with Crippen molar-refractivity contribution >= 4 is 33.3 Å². The third kappa shape index (κ3) is 1.72. The summed E-state index contributed by atoms with van der Waals surface area (Å²) in [6.45, 7) is 0. The molecule has 0 radical (unpaired) electrons. The molecule has 1 aromatic heterocycles. The van der Waals surface area contributed by atoms with Gasteiger partial charge in [0.05, 0.1) is 4.47 Å². The van der Waals surface area contributed by atoms with Crippen LogP contribution in [0.25, 0.3) is 0 Å². The fraction of sp³-hybridized carbons (Fsp3) is 0.636. The van der Waals surface area contributed by atoms with Crippen molar-refractivity contribution in [3.63, 3.8) is 0 Å². The lowest BCUT2D eigenvalue weighted by Gasteiger charge is -2.38. The molecule has 86 valence electrons. The molecule has 1 aromatic rings. The number of hydrogen-bond acceptors (Lipinski definition) is 3. The average molecular weight is 303 g/mol. The van der Waals surface area contributed by atoms with E-state index in [4.69, 9.17) is 11.6 Å². The van der Waals surface area contributed by atoms with Gasteiger partial charge in [0.25, 0.3) is 0 Å². The standard InChI is InChI=1S/C11H13BrClN3/c12-10-5-14-6-15-11(10)16-8-1-2-9(16)4-7(13)3-8/h5-9H,1-4H2. The first kappa shape index (κ1) is 10.8. The van der Waals surface area contributed by atoms with E-state index in [1.165, 1.54) is 12.8 Å². The maximum Gasteiger partial charge on any atom is 0.146 e. The number of piperidine rings is 1. The average Bonchev–Trinajstić information content (AvgIpc) is 2.53. The van der Waals surface area contributed by atoms with Crippen LogP contribution in [0.4, 0.5) is 5.82 Å². The predicted molar refractivity (Wildman–Crippen MR) is 67.9 cm³/mol. The maximum atomic E-state index is 6.27. The van der Waals surface area contributed by atoms with Crippen LogP contribution in [0.1, 0.15) is 25.7 Å². The summed E-state index contributed by atoms with van der Waals surface area (Å²) < 4.78 is 0.986. The molecule has 0 N–H and O–H groups in total. The summed E-state index contributed by atoms with van der Waals surface area (Å²) in [4.78, 5) is 10.8. The molecule has 2 fully saturated rings. The van der Waals surface area contributed by atoms with Gasteiger partial charge in [-0.2, -0.15) is 0 Å². The van der Waals surface area contributed by atoms with E-state index in [0.717, 1.165) is 23.1 Å². The number of fused-ring (bicyclic) bond motifs is 2. The molecule has 3 nitrogen and oxygen atoms in total. The lowest BCUT2D eigenvalue weighted by molar-refractivity contribution is 0.469. The van der Waals surface area contributed by atoms with Crippen molar-refractivity contribution in [1.82, 2.24) is 9.97 Å². The predicted octanol–water partition coefficient (Wildman–Crippen LogP) is 2.98. The highest BCUT2D eigenvalue weighted by molar-refractivity contribution is 9.10. The molecule has 2 saturated heterocycles. The maximum absolute atomic E-state index is 6.27. The van der Waals surface area contributed by atoms with Crippen LogP contribution >= 0.6 is 27.5 Å². The molecular weight excluding hydrogens is 289 g/mol. The highest BCUT2D eigenvalue weighted by Gasteiger charge is 2.41. The highest BCUT2D eigenvalue weighted by Crippen LogP contribution is 2.41. The Morgan fingerprint density at radius 3 is 2.62 bits per heavy atom. The molecule has 16 heavy (non-hydrogen) atoms. The smallest absolute Gasteiger partial charge is 0.146 e. The quantitative estimate of drug-likeness (QED) is 0.747. The summed E-state index contributed by atoms with van der Waals surface area (Å²) >= 11 is 9.80. The second-order valence-electron chi connectivity index (χ2n) is 4.56. The molecule has 2 unspecified atom stereocenters.